The van der Waals surface area contributed by atoms with E-state index in [0.717, 1.165) is 25.6 Å². The van der Waals surface area contributed by atoms with Gasteiger partial charge in [0.2, 0.25) is 0 Å². The van der Waals surface area contributed by atoms with Gasteiger partial charge < -0.3 is 10.1 Å². The lowest BCUT2D eigenvalue weighted by Gasteiger charge is -2.16. The second-order valence-corrected chi connectivity index (χ2v) is 5.52. The first-order chi connectivity index (χ1) is 9.70. The van der Waals surface area contributed by atoms with Crippen LogP contribution in [0.2, 0.25) is 0 Å². The number of hydrogen-bond acceptors (Lipinski definition) is 3. The number of amides is 1. The van der Waals surface area contributed by atoms with Crippen LogP contribution in [0.3, 0.4) is 0 Å². The number of likely N-dealkylation sites (tertiary alicyclic amines) is 1. The molecule has 1 saturated carbocycles. The molecule has 1 N–H and O–H groups in total. The van der Waals surface area contributed by atoms with Crippen LogP contribution in [0.5, 0.6) is 5.75 Å². The van der Waals surface area contributed by atoms with E-state index in [0.29, 0.717) is 5.75 Å². The molecular formula is C15H19FN2O2. The Kier molecular flexibility index (Phi) is 3.87. The van der Waals surface area contributed by atoms with E-state index in [9.17, 15) is 9.18 Å². The number of carbonyl (C=O) groups excluding carboxylic acids is 1. The number of ether oxygens (including phenoxy) is 1. The van der Waals surface area contributed by atoms with E-state index in [1.165, 1.54) is 37.1 Å². The summed E-state index contributed by atoms with van der Waals surface area (Å²) in [5.74, 6) is 0.0810. The third-order valence-corrected chi connectivity index (χ3v) is 3.83. The zero-order chi connectivity index (χ0) is 13.9. The lowest BCUT2D eigenvalue weighted by atomic mass is 10.2. The van der Waals surface area contributed by atoms with E-state index < -0.39 is 0 Å². The van der Waals surface area contributed by atoms with Gasteiger partial charge in [-0.05, 0) is 43.5 Å². The van der Waals surface area contributed by atoms with Crippen molar-refractivity contribution in [3.63, 3.8) is 0 Å². The number of nitrogens with one attached hydrogen (secondary N) is 1. The fourth-order valence-electron chi connectivity index (χ4n) is 2.63. The Bertz CT molecular complexity index is 473. The van der Waals surface area contributed by atoms with Gasteiger partial charge in [-0.25, -0.2) is 4.39 Å². The maximum absolute atomic E-state index is 12.7. The van der Waals surface area contributed by atoms with Crippen molar-refractivity contribution in [1.82, 2.24) is 10.2 Å². The molecule has 1 aliphatic carbocycles. The topological polar surface area (TPSA) is 41.6 Å². The van der Waals surface area contributed by atoms with Crippen LogP contribution in [0.15, 0.2) is 24.3 Å². The number of hydrogen-bond donors (Lipinski definition) is 1. The van der Waals surface area contributed by atoms with Gasteiger partial charge >= 0.3 is 0 Å². The Morgan fingerprint density at radius 3 is 2.75 bits per heavy atom. The van der Waals surface area contributed by atoms with Crippen LogP contribution in [0.1, 0.15) is 19.3 Å². The van der Waals surface area contributed by atoms with Gasteiger partial charge in [-0.1, -0.05) is 0 Å². The molecule has 5 heteroatoms. The molecule has 20 heavy (non-hydrogen) atoms. The zero-order valence-corrected chi connectivity index (χ0v) is 11.3. The van der Waals surface area contributed by atoms with Crippen molar-refractivity contribution in [3.8, 4) is 5.75 Å². The highest BCUT2D eigenvalue weighted by molar-refractivity contribution is 5.77. The molecule has 1 heterocycles. The number of rotatable bonds is 5. The van der Waals surface area contributed by atoms with Gasteiger partial charge in [-0.3, -0.25) is 9.69 Å². The van der Waals surface area contributed by atoms with Gasteiger partial charge in [0, 0.05) is 25.2 Å². The van der Waals surface area contributed by atoms with Crippen LogP contribution < -0.4 is 10.1 Å². The molecule has 1 aliphatic heterocycles. The molecule has 108 valence electrons. The molecule has 0 spiro atoms. The highest BCUT2D eigenvalue weighted by atomic mass is 19.1. The first-order valence-electron chi connectivity index (χ1n) is 7.12. The van der Waals surface area contributed by atoms with Gasteiger partial charge in [0.05, 0.1) is 0 Å². The highest BCUT2D eigenvalue weighted by Crippen LogP contribution is 2.29. The summed E-state index contributed by atoms with van der Waals surface area (Å²) in [7, 11) is 0. The van der Waals surface area contributed by atoms with E-state index >= 15 is 0 Å². The predicted octanol–water partition coefficient (Wildman–Crippen LogP) is 1.56. The monoisotopic (exact) mass is 278 g/mol. The fourth-order valence-corrected chi connectivity index (χ4v) is 2.63. The lowest BCUT2D eigenvalue weighted by molar-refractivity contribution is -0.123. The number of nitrogens with zero attached hydrogens (tertiary/aromatic N) is 1. The largest absolute Gasteiger partial charge is 0.484 e. The molecule has 1 amide bonds. The molecular weight excluding hydrogens is 259 g/mol. The number of halogens is 1. The Balaban J connectivity index is 1.40. The van der Waals surface area contributed by atoms with E-state index in [1.54, 1.807) is 0 Å². The summed E-state index contributed by atoms with van der Waals surface area (Å²) in [6.45, 7) is 2.01. The van der Waals surface area contributed by atoms with Gasteiger partial charge in [0.25, 0.3) is 5.91 Å². The summed E-state index contributed by atoms with van der Waals surface area (Å²) in [6.07, 6.45) is 3.61. The fraction of sp³-hybridized carbons (Fsp3) is 0.533. The third kappa shape index (κ3) is 3.48. The van der Waals surface area contributed by atoms with Gasteiger partial charge in [0.15, 0.2) is 6.61 Å². The first kappa shape index (κ1) is 13.4. The Labute approximate surface area is 117 Å². The molecule has 1 atom stereocenters. The van der Waals surface area contributed by atoms with Crippen molar-refractivity contribution in [1.29, 1.82) is 0 Å². The second kappa shape index (κ2) is 5.79. The van der Waals surface area contributed by atoms with Crippen molar-refractivity contribution in [2.24, 2.45) is 0 Å². The molecule has 2 aliphatic rings. The molecule has 0 radical (unpaired) electrons. The van der Waals surface area contributed by atoms with Gasteiger partial charge in [-0.2, -0.15) is 0 Å². The molecule has 0 unspecified atom stereocenters. The average Bonchev–Trinajstić information content (AvgIpc) is 3.19. The summed E-state index contributed by atoms with van der Waals surface area (Å²) in [5.41, 5.74) is 0. The molecule has 0 bridgehead atoms. The second-order valence-electron chi connectivity index (χ2n) is 5.52. The van der Waals surface area contributed by atoms with Crippen LogP contribution in [0.25, 0.3) is 0 Å². The van der Waals surface area contributed by atoms with Crippen molar-refractivity contribution in [2.75, 3.05) is 19.7 Å². The van der Waals surface area contributed by atoms with Crippen molar-refractivity contribution in [3.05, 3.63) is 30.1 Å². The van der Waals surface area contributed by atoms with E-state index in [1.807, 2.05) is 0 Å². The summed E-state index contributed by atoms with van der Waals surface area (Å²) >= 11 is 0. The molecule has 2 fully saturated rings. The van der Waals surface area contributed by atoms with Crippen molar-refractivity contribution < 1.29 is 13.9 Å². The Morgan fingerprint density at radius 2 is 2.05 bits per heavy atom. The normalized spacial score (nSPS) is 22.8. The minimum atomic E-state index is -0.312. The minimum absolute atomic E-state index is 0.0223. The van der Waals surface area contributed by atoms with Gasteiger partial charge in [0.1, 0.15) is 11.6 Å². The molecule has 0 aromatic heterocycles. The quantitative estimate of drug-likeness (QED) is 0.888. The molecule has 1 saturated heterocycles. The number of carbonyl (C=O) groups is 1. The summed E-state index contributed by atoms with van der Waals surface area (Å²) < 4.78 is 18.1. The van der Waals surface area contributed by atoms with Gasteiger partial charge in [-0.15, -0.1) is 0 Å². The van der Waals surface area contributed by atoms with Crippen LogP contribution in [-0.4, -0.2) is 42.6 Å². The third-order valence-electron chi connectivity index (χ3n) is 3.83. The maximum atomic E-state index is 12.7. The van der Waals surface area contributed by atoms with E-state index in [4.69, 9.17) is 4.74 Å². The number of benzene rings is 1. The van der Waals surface area contributed by atoms with E-state index in [2.05, 4.69) is 10.2 Å². The Morgan fingerprint density at radius 1 is 1.30 bits per heavy atom. The summed E-state index contributed by atoms with van der Waals surface area (Å²) in [6, 6.07) is 6.67. The summed E-state index contributed by atoms with van der Waals surface area (Å²) in [5, 5.41) is 2.99. The summed E-state index contributed by atoms with van der Waals surface area (Å²) in [4.78, 5) is 14.3. The Hall–Kier alpha value is -1.62. The van der Waals surface area contributed by atoms with Crippen LogP contribution in [0, 0.1) is 5.82 Å². The maximum Gasteiger partial charge on any atom is 0.258 e. The van der Waals surface area contributed by atoms with E-state index in [-0.39, 0.29) is 24.4 Å². The predicted molar refractivity (Wildman–Crippen MR) is 73.0 cm³/mol. The molecule has 1 aromatic carbocycles. The molecule has 4 nitrogen and oxygen atoms in total. The standard InChI is InChI=1S/C15H19FN2O2/c16-11-1-5-14(6-2-11)20-10-15(19)17-12-7-8-18(9-12)13-3-4-13/h1-2,5-6,12-13H,3-4,7-10H2,(H,17,19)/t12-/m1/s1. The van der Waals surface area contributed by atoms with Crippen molar-refractivity contribution in [2.45, 2.75) is 31.3 Å². The van der Waals surface area contributed by atoms with Crippen molar-refractivity contribution >= 4 is 5.91 Å². The molecule has 3 rings (SSSR count). The SMILES string of the molecule is O=C(COc1ccc(F)cc1)N[C@@H]1CCN(C2CC2)C1. The zero-order valence-electron chi connectivity index (χ0n) is 11.3. The average molecular weight is 278 g/mol. The minimum Gasteiger partial charge on any atom is -0.484 e. The highest BCUT2D eigenvalue weighted by Gasteiger charge is 2.34. The lowest BCUT2D eigenvalue weighted by Crippen LogP contribution is -2.39. The smallest absolute Gasteiger partial charge is 0.258 e. The molecule has 1 aromatic rings. The first-order valence-corrected chi connectivity index (χ1v) is 7.12. The van der Waals surface area contributed by atoms with Crippen LogP contribution in [-0.2, 0) is 4.79 Å². The van der Waals surface area contributed by atoms with Crippen LogP contribution in [0.4, 0.5) is 4.39 Å². The van der Waals surface area contributed by atoms with Crippen LogP contribution >= 0.6 is 0 Å².